The molecule has 0 fully saturated rings. The Hall–Kier alpha value is -1.42. The summed E-state index contributed by atoms with van der Waals surface area (Å²) in [5.41, 5.74) is 0.542. The number of aromatic nitrogens is 1. The Morgan fingerprint density at radius 1 is 1.40 bits per heavy atom. The zero-order valence-electron chi connectivity index (χ0n) is 8.97. The van der Waals surface area contributed by atoms with Crippen molar-refractivity contribution in [1.82, 2.24) is 4.98 Å². The molecule has 0 atom stereocenters. The maximum Gasteiger partial charge on any atom is 0.213 e. The van der Waals surface area contributed by atoms with Crippen LogP contribution in [0.4, 0.5) is 0 Å². The van der Waals surface area contributed by atoms with Gasteiger partial charge in [-0.25, -0.2) is 4.98 Å². The van der Waals surface area contributed by atoms with Crippen LogP contribution in [0.15, 0.2) is 18.3 Å². The molecule has 0 N–H and O–H groups in total. The minimum atomic E-state index is 0.207. The number of hydrogen-bond donors (Lipinski definition) is 0. The molecule has 0 aromatic carbocycles. The standard InChI is InChI=1S/C11H15NO3/c1-9(2)14-5-6-15-11-4-3-10(8-13)7-12-11/h3-4,7-9H,5-6H2,1-2H3. The van der Waals surface area contributed by atoms with Crippen LogP contribution in [-0.2, 0) is 4.74 Å². The van der Waals surface area contributed by atoms with Gasteiger partial charge in [0, 0.05) is 17.8 Å². The molecule has 0 aliphatic rings. The van der Waals surface area contributed by atoms with E-state index in [1.54, 1.807) is 12.1 Å². The molecule has 82 valence electrons. The smallest absolute Gasteiger partial charge is 0.213 e. The van der Waals surface area contributed by atoms with E-state index in [1.165, 1.54) is 6.20 Å². The molecule has 0 saturated heterocycles. The summed E-state index contributed by atoms with van der Waals surface area (Å²) in [5, 5.41) is 0. The highest BCUT2D eigenvalue weighted by atomic mass is 16.5. The van der Waals surface area contributed by atoms with Gasteiger partial charge in [0.2, 0.25) is 5.88 Å². The number of rotatable bonds is 6. The summed E-state index contributed by atoms with van der Waals surface area (Å²) in [4.78, 5) is 14.3. The van der Waals surface area contributed by atoms with Crippen LogP contribution in [0.3, 0.4) is 0 Å². The highest BCUT2D eigenvalue weighted by Crippen LogP contribution is 2.05. The molecule has 0 saturated carbocycles. The second kappa shape index (κ2) is 6.14. The number of ether oxygens (including phenoxy) is 2. The Bertz CT molecular complexity index is 295. The number of nitrogens with zero attached hydrogens (tertiary/aromatic N) is 1. The van der Waals surface area contributed by atoms with Crippen LogP contribution in [0.5, 0.6) is 5.88 Å². The van der Waals surface area contributed by atoms with Crippen molar-refractivity contribution in [3.05, 3.63) is 23.9 Å². The number of aldehydes is 1. The Labute approximate surface area is 89.2 Å². The lowest BCUT2D eigenvalue weighted by Crippen LogP contribution is -2.11. The van der Waals surface area contributed by atoms with Crippen LogP contribution in [0.25, 0.3) is 0 Å². The second-order valence-corrected chi connectivity index (χ2v) is 3.32. The predicted molar refractivity (Wildman–Crippen MR) is 56.2 cm³/mol. The van der Waals surface area contributed by atoms with E-state index in [4.69, 9.17) is 9.47 Å². The summed E-state index contributed by atoms with van der Waals surface area (Å²) in [6.45, 7) is 4.94. The largest absolute Gasteiger partial charge is 0.475 e. The van der Waals surface area contributed by atoms with Crippen molar-refractivity contribution in [2.75, 3.05) is 13.2 Å². The summed E-state index contributed by atoms with van der Waals surface area (Å²) in [6.07, 6.45) is 2.43. The van der Waals surface area contributed by atoms with E-state index in [1.807, 2.05) is 13.8 Å². The molecule has 0 bridgehead atoms. The Morgan fingerprint density at radius 3 is 2.73 bits per heavy atom. The van der Waals surface area contributed by atoms with Crippen LogP contribution in [0, 0.1) is 0 Å². The summed E-state index contributed by atoms with van der Waals surface area (Å²) in [5.74, 6) is 0.507. The van der Waals surface area contributed by atoms with Gasteiger partial charge in [-0.05, 0) is 19.9 Å². The van der Waals surface area contributed by atoms with Gasteiger partial charge in [-0.1, -0.05) is 0 Å². The first kappa shape index (κ1) is 11.7. The van der Waals surface area contributed by atoms with E-state index in [-0.39, 0.29) is 6.10 Å². The third-order valence-corrected chi connectivity index (χ3v) is 1.68. The second-order valence-electron chi connectivity index (χ2n) is 3.32. The third-order valence-electron chi connectivity index (χ3n) is 1.68. The maximum absolute atomic E-state index is 10.4. The van der Waals surface area contributed by atoms with E-state index in [9.17, 15) is 4.79 Å². The van der Waals surface area contributed by atoms with Crippen molar-refractivity contribution in [3.63, 3.8) is 0 Å². The molecule has 0 aliphatic heterocycles. The minimum Gasteiger partial charge on any atom is -0.475 e. The SMILES string of the molecule is CC(C)OCCOc1ccc(C=O)cn1. The van der Waals surface area contributed by atoms with E-state index in [0.29, 0.717) is 24.7 Å². The quantitative estimate of drug-likeness (QED) is 0.528. The Morgan fingerprint density at radius 2 is 2.20 bits per heavy atom. The molecule has 0 amide bonds. The highest BCUT2D eigenvalue weighted by Gasteiger charge is 1.97. The predicted octanol–water partition coefficient (Wildman–Crippen LogP) is 1.70. The van der Waals surface area contributed by atoms with Gasteiger partial charge in [0.05, 0.1) is 12.7 Å². The van der Waals surface area contributed by atoms with Crippen LogP contribution in [-0.4, -0.2) is 30.6 Å². The Balaban J connectivity index is 2.28. The topological polar surface area (TPSA) is 48.4 Å². The van der Waals surface area contributed by atoms with Crippen molar-refractivity contribution in [3.8, 4) is 5.88 Å². The van der Waals surface area contributed by atoms with Crippen molar-refractivity contribution >= 4 is 6.29 Å². The fraction of sp³-hybridized carbons (Fsp3) is 0.455. The van der Waals surface area contributed by atoms with Gasteiger partial charge >= 0.3 is 0 Å². The molecule has 1 heterocycles. The van der Waals surface area contributed by atoms with E-state index < -0.39 is 0 Å². The van der Waals surface area contributed by atoms with Gasteiger partial charge in [0.15, 0.2) is 6.29 Å². The third kappa shape index (κ3) is 4.56. The van der Waals surface area contributed by atoms with Crippen LogP contribution in [0.2, 0.25) is 0 Å². The van der Waals surface area contributed by atoms with Crippen LogP contribution >= 0.6 is 0 Å². The summed E-state index contributed by atoms with van der Waals surface area (Å²) >= 11 is 0. The number of hydrogen-bond acceptors (Lipinski definition) is 4. The molecule has 1 aromatic heterocycles. The Kier molecular flexibility index (Phi) is 4.77. The van der Waals surface area contributed by atoms with Gasteiger partial charge in [-0.15, -0.1) is 0 Å². The molecule has 4 nitrogen and oxygen atoms in total. The van der Waals surface area contributed by atoms with Crippen molar-refractivity contribution in [2.45, 2.75) is 20.0 Å². The van der Waals surface area contributed by atoms with Gasteiger partial charge in [-0.3, -0.25) is 4.79 Å². The van der Waals surface area contributed by atoms with Gasteiger partial charge in [0.1, 0.15) is 6.61 Å². The van der Waals surface area contributed by atoms with Crippen molar-refractivity contribution in [1.29, 1.82) is 0 Å². The average molecular weight is 209 g/mol. The lowest BCUT2D eigenvalue weighted by molar-refractivity contribution is 0.0542. The molecule has 0 unspecified atom stereocenters. The molecule has 0 radical (unpaired) electrons. The molecule has 0 aliphatic carbocycles. The molecular formula is C11H15NO3. The van der Waals surface area contributed by atoms with Crippen LogP contribution < -0.4 is 4.74 Å². The fourth-order valence-electron chi connectivity index (χ4n) is 0.977. The van der Waals surface area contributed by atoms with E-state index in [0.717, 1.165) is 6.29 Å². The maximum atomic E-state index is 10.4. The number of pyridine rings is 1. The average Bonchev–Trinajstić information content (AvgIpc) is 2.25. The van der Waals surface area contributed by atoms with Crippen molar-refractivity contribution in [2.24, 2.45) is 0 Å². The monoisotopic (exact) mass is 209 g/mol. The zero-order chi connectivity index (χ0) is 11.1. The number of carbonyl (C=O) groups excluding carboxylic acids is 1. The molecule has 1 aromatic rings. The minimum absolute atomic E-state index is 0.207. The first-order valence-corrected chi connectivity index (χ1v) is 4.88. The molecule has 4 heteroatoms. The summed E-state index contributed by atoms with van der Waals surface area (Å²) < 4.78 is 10.6. The normalized spacial score (nSPS) is 10.3. The van der Waals surface area contributed by atoms with Gasteiger partial charge < -0.3 is 9.47 Å². The zero-order valence-corrected chi connectivity index (χ0v) is 8.97. The summed E-state index contributed by atoms with van der Waals surface area (Å²) in [6, 6.07) is 3.33. The van der Waals surface area contributed by atoms with Gasteiger partial charge in [-0.2, -0.15) is 0 Å². The lowest BCUT2D eigenvalue weighted by atomic mass is 10.3. The molecule has 0 spiro atoms. The molecule has 1 rings (SSSR count). The van der Waals surface area contributed by atoms with E-state index in [2.05, 4.69) is 4.98 Å². The molecular weight excluding hydrogens is 194 g/mol. The van der Waals surface area contributed by atoms with Crippen LogP contribution in [0.1, 0.15) is 24.2 Å². The van der Waals surface area contributed by atoms with Gasteiger partial charge in [0.25, 0.3) is 0 Å². The molecule has 15 heavy (non-hydrogen) atoms. The fourth-order valence-corrected chi connectivity index (χ4v) is 0.977. The van der Waals surface area contributed by atoms with E-state index >= 15 is 0 Å². The van der Waals surface area contributed by atoms with Crippen molar-refractivity contribution < 1.29 is 14.3 Å². The summed E-state index contributed by atoms with van der Waals surface area (Å²) in [7, 11) is 0. The highest BCUT2D eigenvalue weighted by molar-refractivity contribution is 5.73. The first-order valence-electron chi connectivity index (χ1n) is 4.88. The number of carbonyl (C=O) groups is 1. The first-order chi connectivity index (χ1) is 7.22. The lowest BCUT2D eigenvalue weighted by Gasteiger charge is -2.08.